The molecule has 108 valence electrons. The third kappa shape index (κ3) is 2.65. The molecule has 0 saturated carbocycles. The van der Waals surface area contributed by atoms with Crippen molar-refractivity contribution in [2.75, 3.05) is 6.54 Å². The molecule has 6 heteroatoms. The van der Waals surface area contributed by atoms with Gasteiger partial charge in [-0.05, 0) is 18.4 Å². The number of nitro benzene ring substituents is 1. The first kappa shape index (κ1) is 14.5. The Labute approximate surface area is 117 Å². The molecule has 1 amide bonds. The Hall–Kier alpha value is -1.95. The fourth-order valence-electron chi connectivity index (χ4n) is 2.70. The normalized spacial score (nSPS) is 18.9. The van der Waals surface area contributed by atoms with Crippen LogP contribution in [-0.2, 0) is 4.79 Å². The van der Waals surface area contributed by atoms with Crippen LogP contribution in [0.25, 0.3) is 0 Å². The van der Waals surface area contributed by atoms with Crippen LogP contribution in [0.3, 0.4) is 0 Å². The Balaban J connectivity index is 2.33. The zero-order valence-corrected chi connectivity index (χ0v) is 11.7. The molecule has 1 saturated heterocycles. The first-order valence-corrected chi connectivity index (χ1v) is 6.87. The Morgan fingerprint density at radius 1 is 1.45 bits per heavy atom. The number of carbonyl (C=O) groups excluding carboxylic acids is 1. The monoisotopic (exact) mass is 277 g/mol. The topological polar surface area (TPSA) is 75.5 Å². The number of nitrogens with one attached hydrogen (secondary N) is 1. The fourth-order valence-corrected chi connectivity index (χ4v) is 2.70. The number of amides is 1. The van der Waals surface area contributed by atoms with Gasteiger partial charge in [0, 0.05) is 18.2 Å². The fraction of sp³-hybridized carbons (Fsp3) is 0.500. The van der Waals surface area contributed by atoms with Crippen LogP contribution in [0, 0.1) is 10.1 Å². The van der Waals surface area contributed by atoms with Crippen molar-refractivity contribution in [1.29, 1.82) is 0 Å². The van der Waals surface area contributed by atoms with Crippen molar-refractivity contribution in [3.05, 3.63) is 39.9 Å². The summed E-state index contributed by atoms with van der Waals surface area (Å²) in [6.07, 6.45) is 1.47. The zero-order valence-electron chi connectivity index (χ0n) is 11.7. The summed E-state index contributed by atoms with van der Waals surface area (Å²) in [4.78, 5) is 24.3. The molecular weight excluding hydrogens is 258 g/mol. The standard InChI is InChI=1S/C14H19N3O3/c1-3-11(4-2)16-13(18)9-15-14(16)10-6-5-7-12(8-10)17(19)20/h5-8,11,14-15H,3-4,9H2,1-2H3. The van der Waals surface area contributed by atoms with Gasteiger partial charge in [-0.3, -0.25) is 20.2 Å². The van der Waals surface area contributed by atoms with E-state index in [9.17, 15) is 14.9 Å². The molecule has 0 spiro atoms. The Morgan fingerprint density at radius 2 is 2.15 bits per heavy atom. The molecule has 1 atom stereocenters. The van der Waals surface area contributed by atoms with Crippen LogP contribution in [0.15, 0.2) is 24.3 Å². The molecule has 1 fully saturated rings. The number of nitro groups is 1. The van der Waals surface area contributed by atoms with E-state index in [0.717, 1.165) is 18.4 Å². The van der Waals surface area contributed by atoms with E-state index in [4.69, 9.17) is 0 Å². The van der Waals surface area contributed by atoms with Crippen LogP contribution in [0.2, 0.25) is 0 Å². The molecular formula is C14H19N3O3. The van der Waals surface area contributed by atoms with E-state index in [1.54, 1.807) is 6.07 Å². The quantitative estimate of drug-likeness (QED) is 0.661. The molecule has 1 heterocycles. The van der Waals surface area contributed by atoms with Gasteiger partial charge in [-0.15, -0.1) is 0 Å². The minimum Gasteiger partial charge on any atom is -0.319 e. The lowest BCUT2D eigenvalue weighted by molar-refractivity contribution is -0.385. The van der Waals surface area contributed by atoms with Crippen LogP contribution in [0.1, 0.15) is 38.4 Å². The molecule has 0 bridgehead atoms. The van der Waals surface area contributed by atoms with E-state index in [1.165, 1.54) is 12.1 Å². The highest BCUT2D eigenvalue weighted by molar-refractivity contribution is 5.81. The predicted molar refractivity (Wildman–Crippen MR) is 75.1 cm³/mol. The summed E-state index contributed by atoms with van der Waals surface area (Å²) in [5, 5.41) is 14.0. The van der Waals surface area contributed by atoms with Crippen LogP contribution in [-0.4, -0.2) is 28.3 Å². The van der Waals surface area contributed by atoms with E-state index >= 15 is 0 Å². The van der Waals surface area contributed by atoms with Crippen LogP contribution in [0.5, 0.6) is 0 Å². The molecule has 1 unspecified atom stereocenters. The Kier molecular flexibility index (Phi) is 4.34. The Morgan fingerprint density at radius 3 is 2.75 bits per heavy atom. The van der Waals surface area contributed by atoms with Gasteiger partial charge in [0.25, 0.3) is 5.69 Å². The summed E-state index contributed by atoms with van der Waals surface area (Å²) in [7, 11) is 0. The van der Waals surface area contributed by atoms with Crippen molar-refractivity contribution in [3.8, 4) is 0 Å². The van der Waals surface area contributed by atoms with E-state index in [-0.39, 0.29) is 30.3 Å². The molecule has 0 aliphatic carbocycles. The maximum Gasteiger partial charge on any atom is 0.269 e. The molecule has 20 heavy (non-hydrogen) atoms. The van der Waals surface area contributed by atoms with Gasteiger partial charge in [0.2, 0.25) is 5.91 Å². The second-order valence-electron chi connectivity index (χ2n) is 4.91. The van der Waals surface area contributed by atoms with Crippen LogP contribution in [0.4, 0.5) is 5.69 Å². The van der Waals surface area contributed by atoms with Crippen LogP contribution < -0.4 is 5.32 Å². The lowest BCUT2D eigenvalue weighted by Gasteiger charge is -2.31. The van der Waals surface area contributed by atoms with Gasteiger partial charge in [0.05, 0.1) is 11.5 Å². The maximum absolute atomic E-state index is 12.1. The van der Waals surface area contributed by atoms with E-state index in [2.05, 4.69) is 5.32 Å². The van der Waals surface area contributed by atoms with Crippen LogP contribution >= 0.6 is 0 Å². The summed E-state index contributed by atoms with van der Waals surface area (Å²) in [5.41, 5.74) is 0.810. The summed E-state index contributed by atoms with van der Waals surface area (Å²) in [6, 6.07) is 6.62. The van der Waals surface area contributed by atoms with Gasteiger partial charge >= 0.3 is 0 Å². The van der Waals surface area contributed by atoms with Crippen molar-refractivity contribution in [2.45, 2.75) is 38.9 Å². The molecule has 1 aromatic rings. The molecule has 2 rings (SSSR count). The third-order valence-electron chi connectivity index (χ3n) is 3.75. The van der Waals surface area contributed by atoms with Gasteiger partial charge < -0.3 is 4.90 Å². The van der Waals surface area contributed by atoms with Gasteiger partial charge in [0.1, 0.15) is 6.17 Å². The number of rotatable bonds is 5. The highest BCUT2D eigenvalue weighted by atomic mass is 16.6. The van der Waals surface area contributed by atoms with Crippen molar-refractivity contribution >= 4 is 11.6 Å². The molecule has 1 aromatic carbocycles. The average Bonchev–Trinajstić information content (AvgIpc) is 2.83. The van der Waals surface area contributed by atoms with E-state index in [1.807, 2.05) is 24.8 Å². The second kappa shape index (κ2) is 6.00. The van der Waals surface area contributed by atoms with Gasteiger partial charge in [-0.2, -0.15) is 0 Å². The predicted octanol–water partition coefficient (Wildman–Crippen LogP) is 2.21. The summed E-state index contributed by atoms with van der Waals surface area (Å²) in [6.45, 7) is 4.37. The minimum absolute atomic E-state index is 0.0492. The SMILES string of the molecule is CCC(CC)N1C(=O)CNC1c1cccc([N+](=O)[O-])c1. The lowest BCUT2D eigenvalue weighted by Crippen LogP contribution is -2.39. The number of nitrogens with zero attached hydrogens (tertiary/aromatic N) is 2. The average molecular weight is 277 g/mol. The Bertz CT molecular complexity index is 514. The van der Waals surface area contributed by atoms with Gasteiger partial charge in [-0.1, -0.05) is 26.0 Å². The van der Waals surface area contributed by atoms with Gasteiger partial charge in [0.15, 0.2) is 0 Å². The van der Waals surface area contributed by atoms with Gasteiger partial charge in [-0.25, -0.2) is 0 Å². The lowest BCUT2D eigenvalue weighted by atomic mass is 10.1. The smallest absolute Gasteiger partial charge is 0.269 e. The molecule has 0 radical (unpaired) electrons. The van der Waals surface area contributed by atoms with Crippen molar-refractivity contribution < 1.29 is 9.72 Å². The summed E-state index contributed by atoms with van der Waals surface area (Å²) >= 11 is 0. The minimum atomic E-state index is -0.415. The number of carbonyl (C=O) groups is 1. The summed E-state index contributed by atoms with van der Waals surface area (Å²) < 4.78 is 0. The molecule has 1 N–H and O–H groups in total. The van der Waals surface area contributed by atoms with E-state index < -0.39 is 4.92 Å². The molecule has 0 aromatic heterocycles. The summed E-state index contributed by atoms with van der Waals surface area (Å²) in [5.74, 6) is 0.0511. The maximum atomic E-state index is 12.1. The molecule has 1 aliphatic rings. The first-order valence-electron chi connectivity index (χ1n) is 6.87. The largest absolute Gasteiger partial charge is 0.319 e. The number of hydrogen-bond donors (Lipinski definition) is 1. The highest BCUT2D eigenvalue weighted by Gasteiger charge is 2.35. The highest BCUT2D eigenvalue weighted by Crippen LogP contribution is 2.29. The third-order valence-corrected chi connectivity index (χ3v) is 3.75. The zero-order chi connectivity index (χ0) is 14.7. The number of benzene rings is 1. The van der Waals surface area contributed by atoms with Crippen molar-refractivity contribution in [2.24, 2.45) is 0 Å². The first-order chi connectivity index (χ1) is 9.58. The number of non-ortho nitro benzene ring substituents is 1. The van der Waals surface area contributed by atoms with Crippen molar-refractivity contribution in [1.82, 2.24) is 10.2 Å². The van der Waals surface area contributed by atoms with E-state index in [0.29, 0.717) is 0 Å². The molecule has 1 aliphatic heterocycles. The van der Waals surface area contributed by atoms with Crippen molar-refractivity contribution in [3.63, 3.8) is 0 Å². The second-order valence-corrected chi connectivity index (χ2v) is 4.91. The number of hydrogen-bond acceptors (Lipinski definition) is 4. The molecule has 6 nitrogen and oxygen atoms in total.